The van der Waals surface area contributed by atoms with E-state index in [4.69, 9.17) is 9.47 Å². The average molecular weight is 372 g/mol. The molecular weight excluding hydrogens is 358 g/mol. The van der Waals surface area contributed by atoms with Crippen molar-refractivity contribution in [3.8, 4) is 11.5 Å². The Bertz CT molecular complexity index is 854. The predicted octanol–water partition coefficient (Wildman–Crippen LogP) is 1.36. The number of para-hydroxylation sites is 2. The monoisotopic (exact) mass is 372 g/mol. The van der Waals surface area contributed by atoms with E-state index >= 15 is 0 Å². The minimum atomic E-state index is -4.62. The fourth-order valence-corrected chi connectivity index (χ4v) is 2.83. The molecule has 1 amide bonds. The van der Waals surface area contributed by atoms with Crippen LogP contribution < -0.4 is 19.7 Å². The van der Waals surface area contributed by atoms with Gasteiger partial charge in [0.25, 0.3) is 15.9 Å². The predicted molar refractivity (Wildman–Crippen MR) is 83.3 cm³/mol. The molecule has 2 N–H and O–H groups in total. The van der Waals surface area contributed by atoms with Gasteiger partial charge in [-0.2, -0.15) is 0 Å². The van der Waals surface area contributed by atoms with Gasteiger partial charge in [-0.25, -0.2) is 17.2 Å². The molecular formula is C15H14F2N2O5S. The summed E-state index contributed by atoms with van der Waals surface area (Å²) in [7, 11) is -3.21. The summed E-state index contributed by atoms with van der Waals surface area (Å²) < 4.78 is 61.0. The average Bonchev–Trinajstić information content (AvgIpc) is 2.58. The van der Waals surface area contributed by atoms with Gasteiger partial charge in [-0.1, -0.05) is 18.2 Å². The molecule has 7 nitrogen and oxygen atoms in total. The van der Waals surface area contributed by atoms with Crippen LogP contribution in [0.2, 0.25) is 0 Å². The third-order valence-corrected chi connectivity index (χ3v) is 4.24. The molecule has 25 heavy (non-hydrogen) atoms. The number of carbonyl (C=O) groups is 1. The Kier molecular flexibility index (Phi) is 5.88. The summed E-state index contributed by atoms with van der Waals surface area (Å²) in [4.78, 5) is 12.1. The topological polar surface area (TPSA) is 93.7 Å². The van der Waals surface area contributed by atoms with Crippen molar-refractivity contribution in [2.75, 3.05) is 13.7 Å². The third kappa shape index (κ3) is 4.64. The van der Waals surface area contributed by atoms with E-state index in [1.54, 1.807) is 29.1 Å². The number of benzene rings is 2. The Labute approximate surface area is 142 Å². The zero-order chi connectivity index (χ0) is 18.4. The van der Waals surface area contributed by atoms with Gasteiger partial charge in [0.2, 0.25) is 0 Å². The zero-order valence-electron chi connectivity index (χ0n) is 13.0. The molecule has 0 heterocycles. The second-order valence-corrected chi connectivity index (χ2v) is 6.26. The molecule has 10 heteroatoms. The number of hydrogen-bond donors (Lipinski definition) is 2. The van der Waals surface area contributed by atoms with Crippen molar-refractivity contribution in [1.29, 1.82) is 0 Å². The molecule has 0 spiro atoms. The van der Waals surface area contributed by atoms with Crippen molar-refractivity contribution in [1.82, 2.24) is 10.3 Å². The third-order valence-electron chi connectivity index (χ3n) is 2.94. The van der Waals surface area contributed by atoms with E-state index in [0.717, 1.165) is 18.2 Å². The van der Waals surface area contributed by atoms with E-state index in [2.05, 4.69) is 0 Å². The summed E-state index contributed by atoms with van der Waals surface area (Å²) in [6, 6.07) is 9.09. The van der Waals surface area contributed by atoms with E-state index in [9.17, 15) is 22.0 Å². The highest BCUT2D eigenvalue weighted by atomic mass is 32.2. The van der Waals surface area contributed by atoms with Crippen LogP contribution in [0.15, 0.2) is 47.4 Å². The van der Waals surface area contributed by atoms with Crippen LogP contribution in [0.4, 0.5) is 8.78 Å². The quantitative estimate of drug-likeness (QED) is 0.716. The van der Waals surface area contributed by atoms with Crippen LogP contribution in [0.1, 0.15) is 0 Å². The maximum Gasteiger partial charge on any atom is 0.272 e. The minimum absolute atomic E-state index is 0.267. The summed E-state index contributed by atoms with van der Waals surface area (Å²) in [5.74, 6) is -2.81. The lowest BCUT2D eigenvalue weighted by Gasteiger charge is -2.12. The summed E-state index contributed by atoms with van der Waals surface area (Å²) in [6.07, 6.45) is 0. The molecule has 0 saturated heterocycles. The number of amides is 1. The summed E-state index contributed by atoms with van der Waals surface area (Å²) in [5.41, 5.74) is 1.81. The number of nitrogens with one attached hydrogen (secondary N) is 2. The minimum Gasteiger partial charge on any atom is -0.493 e. The van der Waals surface area contributed by atoms with Gasteiger partial charge in [0.1, 0.15) is 11.6 Å². The highest BCUT2D eigenvalue weighted by molar-refractivity contribution is 7.89. The van der Waals surface area contributed by atoms with Crippen LogP contribution in [0, 0.1) is 11.6 Å². The summed E-state index contributed by atoms with van der Waals surface area (Å²) >= 11 is 0. The molecule has 0 radical (unpaired) electrons. The van der Waals surface area contributed by atoms with E-state index in [1.807, 2.05) is 5.43 Å². The zero-order valence-corrected chi connectivity index (χ0v) is 13.8. The number of hydrogen-bond acceptors (Lipinski definition) is 5. The maximum absolute atomic E-state index is 13.5. The Morgan fingerprint density at radius 1 is 1.04 bits per heavy atom. The molecule has 134 valence electrons. The molecule has 2 aromatic rings. The Balaban J connectivity index is 1.98. The second-order valence-electron chi connectivity index (χ2n) is 4.64. The van der Waals surface area contributed by atoms with Gasteiger partial charge in [-0.3, -0.25) is 10.2 Å². The van der Waals surface area contributed by atoms with Gasteiger partial charge in [-0.15, -0.1) is 4.83 Å². The Morgan fingerprint density at radius 3 is 2.24 bits per heavy atom. The van der Waals surface area contributed by atoms with Gasteiger partial charge in [0.05, 0.1) is 7.11 Å². The number of carbonyl (C=O) groups excluding carboxylic acids is 1. The molecule has 0 atom stereocenters. The van der Waals surface area contributed by atoms with E-state index in [1.165, 1.54) is 7.11 Å². The van der Waals surface area contributed by atoms with Crippen molar-refractivity contribution < 1.29 is 31.5 Å². The normalized spacial score (nSPS) is 11.0. The number of hydrazine groups is 1. The molecule has 0 fully saturated rings. The van der Waals surface area contributed by atoms with E-state index in [0.29, 0.717) is 5.75 Å². The van der Waals surface area contributed by atoms with Crippen molar-refractivity contribution in [2.45, 2.75) is 4.90 Å². The molecule has 0 bridgehead atoms. The fourth-order valence-electron chi connectivity index (χ4n) is 1.83. The molecule has 0 aliphatic rings. The number of methoxy groups -OCH3 is 1. The van der Waals surface area contributed by atoms with Crippen molar-refractivity contribution in [3.63, 3.8) is 0 Å². The van der Waals surface area contributed by atoms with Crippen LogP contribution in [0.3, 0.4) is 0 Å². The highest BCUT2D eigenvalue weighted by Gasteiger charge is 2.24. The first kappa shape index (κ1) is 18.6. The maximum atomic E-state index is 13.5. The fraction of sp³-hybridized carbons (Fsp3) is 0.133. The molecule has 0 aliphatic carbocycles. The van der Waals surface area contributed by atoms with Gasteiger partial charge in [0, 0.05) is 0 Å². The first-order valence-electron chi connectivity index (χ1n) is 6.85. The van der Waals surface area contributed by atoms with Crippen molar-refractivity contribution in [2.24, 2.45) is 0 Å². The lowest BCUT2D eigenvalue weighted by atomic mass is 10.3. The molecule has 0 aliphatic heterocycles. The second kappa shape index (κ2) is 7.90. The molecule has 2 rings (SSSR count). The van der Waals surface area contributed by atoms with E-state index < -0.39 is 39.1 Å². The lowest BCUT2D eigenvalue weighted by Crippen LogP contribution is -2.44. The standard InChI is InChI=1S/C15H14F2N2O5S/c1-23-12-7-2-3-8-13(12)24-9-14(20)18-19-25(21,22)15-10(16)5-4-6-11(15)17/h2-8,19H,9H2,1H3,(H,18,20). The largest absolute Gasteiger partial charge is 0.493 e. The van der Waals surface area contributed by atoms with Crippen LogP contribution in [-0.2, 0) is 14.8 Å². The van der Waals surface area contributed by atoms with Crippen LogP contribution in [-0.4, -0.2) is 28.0 Å². The Morgan fingerprint density at radius 2 is 1.64 bits per heavy atom. The van der Waals surface area contributed by atoms with E-state index in [-0.39, 0.29) is 5.75 Å². The van der Waals surface area contributed by atoms with Gasteiger partial charge < -0.3 is 9.47 Å². The summed E-state index contributed by atoms with van der Waals surface area (Å²) in [6.45, 7) is -0.553. The van der Waals surface area contributed by atoms with Crippen LogP contribution in [0.5, 0.6) is 11.5 Å². The number of rotatable bonds is 7. The van der Waals surface area contributed by atoms with Crippen molar-refractivity contribution in [3.05, 3.63) is 54.1 Å². The molecule has 0 unspecified atom stereocenters. The number of ether oxygens (including phenoxy) is 2. The number of halogens is 2. The number of sulfonamides is 1. The highest BCUT2D eigenvalue weighted by Crippen LogP contribution is 2.25. The lowest BCUT2D eigenvalue weighted by molar-refractivity contribution is -0.123. The smallest absolute Gasteiger partial charge is 0.272 e. The molecule has 0 aromatic heterocycles. The van der Waals surface area contributed by atoms with Gasteiger partial charge in [-0.05, 0) is 24.3 Å². The summed E-state index contributed by atoms with van der Waals surface area (Å²) in [5, 5.41) is 0. The van der Waals surface area contributed by atoms with Crippen LogP contribution in [0.25, 0.3) is 0 Å². The molecule has 2 aromatic carbocycles. The van der Waals surface area contributed by atoms with Crippen molar-refractivity contribution >= 4 is 15.9 Å². The van der Waals surface area contributed by atoms with Gasteiger partial charge in [0.15, 0.2) is 23.0 Å². The first-order chi connectivity index (χ1) is 11.8. The first-order valence-corrected chi connectivity index (χ1v) is 8.34. The SMILES string of the molecule is COc1ccccc1OCC(=O)NNS(=O)(=O)c1c(F)cccc1F. The van der Waals surface area contributed by atoms with Gasteiger partial charge >= 0.3 is 0 Å². The van der Waals surface area contributed by atoms with Crippen LogP contribution >= 0.6 is 0 Å². The Hall–Kier alpha value is -2.72. The molecule has 0 saturated carbocycles.